The van der Waals surface area contributed by atoms with Crippen LogP contribution in [-0.4, -0.2) is 10.2 Å². The van der Waals surface area contributed by atoms with Crippen molar-refractivity contribution < 1.29 is 9.21 Å². The molecule has 0 radical (unpaired) electrons. The maximum atomic E-state index is 12.4. The Hall–Kier alpha value is -2.05. The Morgan fingerprint density at radius 3 is 2.37 bits per heavy atom. The van der Waals surface area contributed by atoms with Gasteiger partial charge in [-0.3, -0.25) is 9.69 Å². The molecule has 2 aromatic carbocycles. The molecule has 4 rings (SSSR count). The standard InChI is InChI=1S/C20H11Cl2NO2S2/c21-14-7-4-8-15(22)18(14)16-10-9-13(25-16)11-17-19(26)23(20(24)27-17)12-5-2-1-3-6-12/h1-11H. The van der Waals surface area contributed by atoms with Gasteiger partial charge in [-0.2, -0.15) is 0 Å². The van der Waals surface area contributed by atoms with E-state index in [2.05, 4.69) is 0 Å². The van der Waals surface area contributed by atoms with E-state index in [-0.39, 0.29) is 5.24 Å². The van der Waals surface area contributed by atoms with Crippen LogP contribution in [0.5, 0.6) is 0 Å². The fourth-order valence-corrected chi connectivity index (χ4v) is 4.54. The van der Waals surface area contributed by atoms with Crippen LogP contribution in [0.25, 0.3) is 17.4 Å². The first-order valence-electron chi connectivity index (χ1n) is 7.92. The predicted octanol–water partition coefficient (Wildman–Crippen LogP) is 7.30. The first-order valence-corrected chi connectivity index (χ1v) is 9.90. The molecule has 0 N–H and O–H groups in total. The zero-order chi connectivity index (χ0) is 19.0. The van der Waals surface area contributed by atoms with Crippen LogP contribution in [0, 0.1) is 0 Å². The summed E-state index contributed by atoms with van der Waals surface area (Å²) in [4.78, 5) is 15.0. The average molecular weight is 432 g/mol. The molecule has 134 valence electrons. The zero-order valence-corrected chi connectivity index (χ0v) is 16.8. The number of benzene rings is 2. The lowest BCUT2D eigenvalue weighted by atomic mass is 10.2. The van der Waals surface area contributed by atoms with Crippen LogP contribution in [0.15, 0.2) is 70.0 Å². The number of rotatable bonds is 3. The van der Waals surface area contributed by atoms with Crippen molar-refractivity contribution in [2.75, 3.05) is 4.90 Å². The Kier molecular flexibility index (Phi) is 5.10. The summed E-state index contributed by atoms with van der Waals surface area (Å²) in [7, 11) is 0. The lowest BCUT2D eigenvalue weighted by Crippen LogP contribution is -2.26. The molecule has 0 saturated carbocycles. The number of hydrogen-bond acceptors (Lipinski definition) is 4. The van der Waals surface area contributed by atoms with Gasteiger partial charge in [-0.1, -0.05) is 59.7 Å². The number of halogens is 2. The van der Waals surface area contributed by atoms with E-state index in [4.69, 9.17) is 39.8 Å². The Balaban J connectivity index is 1.65. The molecule has 27 heavy (non-hydrogen) atoms. The van der Waals surface area contributed by atoms with Crippen molar-refractivity contribution in [1.82, 2.24) is 0 Å². The Morgan fingerprint density at radius 2 is 1.67 bits per heavy atom. The number of thioether (sulfide) groups is 1. The lowest BCUT2D eigenvalue weighted by molar-refractivity contribution is 0.268. The monoisotopic (exact) mass is 431 g/mol. The van der Waals surface area contributed by atoms with E-state index in [0.29, 0.717) is 37.0 Å². The summed E-state index contributed by atoms with van der Waals surface area (Å²) in [5.41, 5.74) is 1.38. The van der Waals surface area contributed by atoms with Gasteiger partial charge in [0, 0.05) is 0 Å². The molecule has 0 bridgehead atoms. The molecule has 1 fully saturated rings. The summed E-state index contributed by atoms with van der Waals surface area (Å²) in [6.07, 6.45) is 1.75. The molecule has 1 aromatic heterocycles. The minimum atomic E-state index is -0.140. The Labute approximate surface area is 175 Å². The van der Waals surface area contributed by atoms with Gasteiger partial charge in [0.25, 0.3) is 5.24 Å². The molecule has 3 aromatic rings. The number of amides is 1. The van der Waals surface area contributed by atoms with Crippen LogP contribution in [-0.2, 0) is 0 Å². The molecule has 1 aliphatic rings. The summed E-state index contributed by atoms with van der Waals surface area (Å²) >= 11 is 19.0. The predicted molar refractivity (Wildman–Crippen MR) is 117 cm³/mol. The average Bonchev–Trinajstić information content (AvgIpc) is 3.20. The third kappa shape index (κ3) is 3.56. The smallest absolute Gasteiger partial charge is 0.296 e. The van der Waals surface area contributed by atoms with Crippen molar-refractivity contribution in [3.8, 4) is 11.3 Å². The molecule has 0 spiro atoms. The molecule has 0 atom stereocenters. The summed E-state index contributed by atoms with van der Waals surface area (Å²) in [6.45, 7) is 0. The van der Waals surface area contributed by atoms with Gasteiger partial charge in [-0.25, -0.2) is 0 Å². The SMILES string of the molecule is O=C1SC(=Cc2ccc(-c3c(Cl)cccc3Cl)o2)C(=S)N1c1ccccc1. The van der Waals surface area contributed by atoms with Gasteiger partial charge in [0.05, 0.1) is 26.2 Å². The van der Waals surface area contributed by atoms with Crippen LogP contribution < -0.4 is 4.90 Å². The molecule has 0 aliphatic carbocycles. The van der Waals surface area contributed by atoms with E-state index in [1.54, 1.807) is 36.4 Å². The van der Waals surface area contributed by atoms with E-state index in [1.807, 2.05) is 30.3 Å². The fraction of sp³-hybridized carbons (Fsp3) is 0. The van der Waals surface area contributed by atoms with Gasteiger partial charge < -0.3 is 4.42 Å². The Morgan fingerprint density at radius 1 is 0.963 bits per heavy atom. The van der Waals surface area contributed by atoms with Gasteiger partial charge in [-0.05, 0) is 54.2 Å². The Bertz CT molecular complexity index is 1060. The summed E-state index contributed by atoms with van der Waals surface area (Å²) in [5.74, 6) is 1.12. The third-order valence-electron chi connectivity index (χ3n) is 3.92. The van der Waals surface area contributed by atoms with Crippen molar-refractivity contribution >= 4 is 69.2 Å². The van der Waals surface area contributed by atoms with Gasteiger partial charge in [0.1, 0.15) is 16.5 Å². The first kappa shape index (κ1) is 18.3. The van der Waals surface area contributed by atoms with Crippen molar-refractivity contribution in [3.63, 3.8) is 0 Å². The summed E-state index contributed by atoms with van der Waals surface area (Å²) < 4.78 is 5.87. The van der Waals surface area contributed by atoms with Crippen LogP contribution in [0.3, 0.4) is 0 Å². The largest absolute Gasteiger partial charge is 0.457 e. The summed E-state index contributed by atoms with van der Waals surface area (Å²) in [6, 6.07) is 18.2. The van der Waals surface area contributed by atoms with Gasteiger partial charge in [0.15, 0.2) is 0 Å². The molecule has 1 amide bonds. The number of nitrogens with zero attached hydrogens (tertiary/aromatic N) is 1. The quantitative estimate of drug-likeness (QED) is 0.321. The number of anilines is 1. The highest BCUT2D eigenvalue weighted by Crippen LogP contribution is 2.39. The summed E-state index contributed by atoms with van der Waals surface area (Å²) in [5, 5.41) is 0.873. The fourth-order valence-electron chi connectivity index (χ4n) is 2.69. The highest BCUT2D eigenvalue weighted by Gasteiger charge is 2.33. The van der Waals surface area contributed by atoms with E-state index in [9.17, 15) is 4.79 Å². The molecule has 1 aliphatic heterocycles. The normalized spacial score (nSPS) is 15.8. The van der Waals surface area contributed by atoms with Crippen molar-refractivity contribution in [2.45, 2.75) is 0 Å². The molecule has 0 unspecified atom stereocenters. The highest BCUT2D eigenvalue weighted by molar-refractivity contribution is 8.20. The van der Waals surface area contributed by atoms with Crippen molar-refractivity contribution in [2.24, 2.45) is 0 Å². The topological polar surface area (TPSA) is 33.5 Å². The number of carbonyl (C=O) groups excluding carboxylic acids is 1. The van der Waals surface area contributed by atoms with Crippen LogP contribution in [0.2, 0.25) is 10.0 Å². The van der Waals surface area contributed by atoms with Crippen LogP contribution in [0.4, 0.5) is 10.5 Å². The van der Waals surface area contributed by atoms with E-state index < -0.39 is 0 Å². The van der Waals surface area contributed by atoms with Crippen molar-refractivity contribution in [3.05, 3.63) is 81.4 Å². The van der Waals surface area contributed by atoms with Gasteiger partial charge in [-0.15, -0.1) is 0 Å². The maximum absolute atomic E-state index is 12.4. The van der Waals surface area contributed by atoms with Gasteiger partial charge in [0.2, 0.25) is 0 Å². The number of furan rings is 1. The highest BCUT2D eigenvalue weighted by atomic mass is 35.5. The molecule has 3 nitrogen and oxygen atoms in total. The second kappa shape index (κ2) is 7.52. The van der Waals surface area contributed by atoms with E-state index in [0.717, 1.165) is 17.4 Å². The number of hydrogen-bond donors (Lipinski definition) is 0. The molecular formula is C20H11Cl2NO2S2. The first-order chi connectivity index (χ1) is 13.0. The van der Waals surface area contributed by atoms with Crippen LogP contribution >= 0.6 is 47.2 Å². The molecule has 1 saturated heterocycles. The minimum absolute atomic E-state index is 0.140. The third-order valence-corrected chi connectivity index (χ3v) is 5.97. The van der Waals surface area contributed by atoms with E-state index in [1.165, 1.54) is 4.90 Å². The van der Waals surface area contributed by atoms with Gasteiger partial charge >= 0.3 is 0 Å². The molecule has 7 heteroatoms. The van der Waals surface area contributed by atoms with E-state index >= 15 is 0 Å². The second-order valence-electron chi connectivity index (χ2n) is 5.65. The number of thiocarbonyl (C=S) groups is 1. The minimum Gasteiger partial charge on any atom is -0.457 e. The lowest BCUT2D eigenvalue weighted by Gasteiger charge is -2.14. The second-order valence-corrected chi connectivity index (χ2v) is 7.85. The number of para-hydroxylation sites is 1. The van der Waals surface area contributed by atoms with Crippen molar-refractivity contribution in [1.29, 1.82) is 0 Å². The number of carbonyl (C=O) groups is 1. The molecule has 2 heterocycles. The molecular weight excluding hydrogens is 421 g/mol. The van der Waals surface area contributed by atoms with Crippen LogP contribution in [0.1, 0.15) is 5.76 Å². The maximum Gasteiger partial charge on any atom is 0.296 e. The zero-order valence-electron chi connectivity index (χ0n) is 13.7.